The van der Waals surface area contributed by atoms with E-state index >= 15 is 0 Å². The summed E-state index contributed by atoms with van der Waals surface area (Å²) in [5.74, 6) is -0.242. The van der Waals surface area contributed by atoms with E-state index in [1.807, 2.05) is 0 Å². The standard InChI is InChI=1S/C12H12ClN3O2/c1-18-8-12(17)15-10-7-9(13)3-4-11(10)16-6-2-5-14-16/h2-7H,8H2,1H3,(H,15,17). The Balaban J connectivity index is 2.32. The van der Waals surface area contributed by atoms with Crippen molar-refractivity contribution >= 4 is 23.2 Å². The Morgan fingerprint density at radius 3 is 3.06 bits per heavy atom. The fraction of sp³-hybridized carbons (Fsp3) is 0.167. The maximum Gasteiger partial charge on any atom is 0.250 e. The number of aromatic nitrogens is 2. The van der Waals surface area contributed by atoms with Crippen LogP contribution in [-0.4, -0.2) is 29.4 Å². The van der Waals surface area contributed by atoms with Crippen LogP contribution in [0.3, 0.4) is 0 Å². The van der Waals surface area contributed by atoms with Gasteiger partial charge in [0.2, 0.25) is 5.91 Å². The Labute approximate surface area is 109 Å². The van der Waals surface area contributed by atoms with Crippen molar-refractivity contribution in [2.75, 3.05) is 19.0 Å². The lowest BCUT2D eigenvalue weighted by Gasteiger charge is -2.11. The van der Waals surface area contributed by atoms with Crippen molar-refractivity contribution in [3.8, 4) is 5.69 Å². The zero-order valence-electron chi connectivity index (χ0n) is 9.76. The van der Waals surface area contributed by atoms with E-state index in [1.54, 1.807) is 41.3 Å². The van der Waals surface area contributed by atoms with E-state index in [-0.39, 0.29) is 12.5 Å². The van der Waals surface area contributed by atoms with Gasteiger partial charge in [-0.05, 0) is 24.3 Å². The van der Waals surface area contributed by atoms with E-state index in [9.17, 15) is 4.79 Å². The number of rotatable bonds is 4. The molecule has 5 nitrogen and oxygen atoms in total. The van der Waals surface area contributed by atoms with Crippen molar-refractivity contribution in [3.63, 3.8) is 0 Å². The number of hydrogen-bond donors (Lipinski definition) is 1. The fourth-order valence-corrected chi connectivity index (χ4v) is 1.71. The summed E-state index contributed by atoms with van der Waals surface area (Å²) >= 11 is 5.93. The van der Waals surface area contributed by atoms with E-state index in [4.69, 9.17) is 16.3 Å². The first-order valence-electron chi connectivity index (χ1n) is 5.29. The van der Waals surface area contributed by atoms with Gasteiger partial charge in [0.15, 0.2) is 0 Å². The van der Waals surface area contributed by atoms with Gasteiger partial charge in [0.1, 0.15) is 6.61 Å². The quantitative estimate of drug-likeness (QED) is 0.921. The van der Waals surface area contributed by atoms with Gasteiger partial charge in [-0.25, -0.2) is 4.68 Å². The summed E-state index contributed by atoms with van der Waals surface area (Å²) in [5, 5.41) is 7.39. The lowest BCUT2D eigenvalue weighted by Crippen LogP contribution is -2.18. The molecule has 0 bridgehead atoms. The molecule has 0 unspecified atom stereocenters. The van der Waals surface area contributed by atoms with Crippen molar-refractivity contribution in [2.24, 2.45) is 0 Å². The Hall–Kier alpha value is -1.85. The van der Waals surface area contributed by atoms with E-state index in [0.29, 0.717) is 10.7 Å². The van der Waals surface area contributed by atoms with Crippen molar-refractivity contribution in [1.29, 1.82) is 0 Å². The summed E-state index contributed by atoms with van der Waals surface area (Å²) in [6.45, 7) is -0.00887. The molecule has 2 rings (SSSR count). The van der Waals surface area contributed by atoms with Crippen LogP contribution < -0.4 is 5.32 Å². The average molecular weight is 266 g/mol. The van der Waals surface area contributed by atoms with Gasteiger partial charge in [-0.15, -0.1) is 0 Å². The van der Waals surface area contributed by atoms with Crippen LogP contribution in [-0.2, 0) is 9.53 Å². The molecule has 0 aliphatic heterocycles. The van der Waals surface area contributed by atoms with Crippen molar-refractivity contribution in [2.45, 2.75) is 0 Å². The number of hydrogen-bond acceptors (Lipinski definition) is 3. The van der Waals surface area contributed by atoms with Crippen molar-refractivity contribution < 1.29 is 9.53 Å². The minimum atomic E-state index is -0.242. The number of ether oxygens (including phenoxy) is 1. The largest absolute Gasteiger partial charge is 0.375 e. The third-order valence-electron chi connectivity index (χ3n) is 2.26. The molecule has 0 saturated heterocycles. The SMILES string of the molecule is COCC(=O)Nc1cc(Cl)ccc1-n1cccn1. The first kappa shape index (κ1) is 12.6. The molecule has 0 aliphatic carbocycles. The van der Waals surface area contributed by atoms with Gasteiger partial charge in [0.25, 0.3) is 0 Å². The smallest absolute Gasteiger partial charge is 0.250 e. The number of amides is 1. The van der Waals surface area contributed by atoms with Crippen LogP contribution in [0.4, 0.5) is 5.69 Å². The molecule has 18 heavy (non-hydrogen) atoms. The molecule has 1 aromatic carbocycles. The molecular formula is C12H12ClN3O2. The van der Waals surface area contributed by atoms with Crippen molar-refractivity contribution in [1.82, 2.24) is 9.78 Å². The molecule has 94 valence electrons. The monoisotopic (exact) mass is 265 g/mol. The zero-order valence-corrected chi connectivity index (χ0v) is 10.5. The summed E-state index contributed by atoms with van der Waals surface area (Å²) in [7, 11) is 1.46. The van der Waals surface area contributed by atoms with Crippen LogP contribution in [0, 0.1) is 0 Å². The maximum absolute atomic E-state index is 11.5. The molecule has 1 heterocycles. The molecule has 0 aliphatic rings. The number of nitrogens with one attached hydrogen (secondary N) is 1. The zero-order chi connectivity index (χ0) is 13.0. The van der Waals surface area contributed by atoms with Crippen LogP contribution in [0.2, 0.25) is 5.02 Å². The first-order chi connectivity index (χ1) is 8.70. The fourth-order valence-electron chi connectivity index (χ4n) is 1.54. The summed E-state index contributed by atoms with van der Waals surface area (Å²) < 4.78 is 6.42. The number of halogens is 1. The van der Waals surface area contributed by atoms with Gasteiger partial charge in [-0.2, -0.15) is 5.10 Å². The normalized spacial score (nSPS) is 10.3. The highest BCUT2D eigenvalue weighted by Gasteiger charge is 2.09. The summed E-state index contributed by atoms with van der Waals surface area (Å²) in [4.78, 5) is 11.5. The third-order valence-corrected chi connectivity index (χ3v) is 2.49. The van der Waals surface area contributed by atoms with Gasteiger partial charge < -0.3 is 10.1 Å². The highest BCUT2D eigenvalue weighted by atomic mass is 35.5. The number of methoxy groups -OCH3 is 1. The molecule has 0 saturated carbocycles. The molecule has 1 N–H and O–H groups in total. The molecule has 0 radical (unpaired) electrons. The molecule has 1 amide bonds. The van der Waals surface area contributed by atoms with Crippen LogP contribution in [0.1, 0.15) is 0 Å². The highest BCUT2D eigenvalue weighted by molar-refractivity contribution is 6.31. The second-order valence-corrected chi connectivity index (χ2v) is 4.03. The van der Waals surface area contributed by atoms with Crippen LogP contribution >= 0.6 is 11.6 Å². The summed E-state index contributed by atoms with van der Waals surface area (Å²) in [5.41, 5.74) is 1.34. The van der Waals surface area contributed by atoms with Crippen LogP contribution in [0.15, 0.2) is 36.7 Å². The van der Waals surface area contributed by atoms with Gasteiger partial charge in [0, 0.05) is 24.5 Å². The third kappa shape index (κ3) is 2.88. The van der Waals surface area contributed by atoms with Crippen LogP contribution in [0.5, 0.6) is 0 Å². The van der Waals surface area contributed by atoms with E-state index in [2.05, 4.69) is 10.4 Å². The predicted octanol–water partition coefficient (Wildman–Crippen LogP) is 2.11. The number of carbonyl (C=O) groups excluding carboxylic acids is 1. The molecule has 2 aromatic rings. The molecule has 0 atom stereocenters. The Bertz CT molecular complexity index is 540. The Morgan fingerprint density at radius 2 is 2.39 bits per heavy atom. The molecular weight excluding hydrogens is 254 g/mol. The van der Waals surface area contributed by atoms with Gasteiger partial charge in [-0.3, -0.25) is 4.79 Å². The topological polar surface area (TPSA) is 56.1 Å². The second kappa shape index (κ2) is 5.66. The lowest BCUT2D eigenvalue weighted by atomic mass is 10.2. The van der Waals surface area contributed by atoms with E-state index < -0.39 is 0 Å². The first-order valence-corrected chi connectivity index (χ1v) is 5.67. The number of benzene rings is 1. The number of anilines is 1. The minimum absolute atomic E-state index is 0.00887. The van der Waals surface area contributed by atoms with Gasteiger partial charge in [0.05, 0.1) is 11.4 Å². The van der Waals surface area contributed by atoms with Gasteiger partial charge >= 0.3 is 0 Å². The molecule has 0 spiro atoms. The summed E-state index contributed by atoms with van der Waals surface area (Å²) in [6.07, 6.45) is 3.45. The maximum atomic E-state index is 11.5. The molecule has 6 heteroatoms. The number of nitrogens with zero attached hydrogens (tertiary/aromatic N) is 2. The Morgan fingerprint density at radius 1 is 1.56 bits per heavy atom. The second-order valence-electron chi connectivity index (χ2n) is 3.59. The molecule has 1 aromatic heterocycles. The Kier molecular flexibility index (Phi) is 3.96. The minimum Gasteiger partial charge on any atom is -0.375 e. The van der Waals surface area contributed by atoms with Crippen molar-refractivity contribution in [3.05, 3.63) is 41.7 Å². The number of carbonyl (C=O) groups is 1. The lowest BCUT2D eigenvalue weighted by molar-refractivity contribution is -0.119. The summed E-state index contributed by atoms with van der Waals surface area (Å²) in [6, 6.07) is 7.00. The molecule has 0 fully saturated rings. The highest BCUT2D eigenvalue weighted by Crippen LogP contribution is 2.24. The average Bonchev–Trinajstić information content (AvgIpc) is 2.83. The predicted molar refractivity (Wildman–Crippen MR) is 69.1 cm³/mol. The van der Waals surface area contributed by atoms with Gasteiger partial charge in [-0.1, -0.05) is 11.6 Å². The van der Waals surface area contributed by atoms with E-state index in [0.717, 1.165) is 5.69 Å². The van der Waals surface area contributed by atoms with Crippen LogP contribution in [0.25, 0.3) is 5.69 Å². The van der Waals surface area contributed by atoms with E-state index in [1.165, 1.54) is 7.11 Å².